The Morgan fingerprint density at radius 3 is 2.87 bits per heavy atom. The Labute approximate surface area is 91.8 Å². The maximum atomic E-state index is 11.6. The predicted octanol–water partition coefficient (Wildman–Crippen LogP) is 1.05. The molecule has 15 heavy (non-hydrogen) atoms. The Morgan fingerprint density at radius 2 is 2.33 bits per heavy atom. The molecule has 1 N–H and O–H groups in total. The van der Waals surface area contributed by atoms with E-state index < -0.39 is 10.0 Å². The highest BCUT2D eigenvalue weighted by atomic mass is 32.2. The van der Waals surface area contributed by atoms with E-state index in [2.05, 4.69) is 4.72 Å². The lowest BCUT2D eigenvalue weighted by molar-refractivity contribution is 0.136. The molecule has 0 unspecified atom stereocenters. The minimum absolute atomic E-state index is 0.0217. The molecule has 0 aliphatic heterocycles. The van der Waals surface area contributed by atoms with Gasteiger partial charge < -0.3 is 4.74 Å². The van der Waals surface area contributed by atoms with Crippen LogP contribution in [-0.4, -0.2) is 33.4 Å². The summed E-state index contributed by atoms with van der Waals surface area (Å²) in [5.74, 6) is 0.0217. The van der Waals surface area contributed by atoms with Gasteiger partial charge in [0.15, 0.2) is 0 Å². The fourth-order valence-electron chi connectivity index (χ4n) is 1.57. The molecular formula is C10H19NO3S. The minimum atomic E-state index is -3.22. The fraction of sp³-hybridized carbons (Fsp3) is 0.800. The molecule has 0 amide bonds. The van der Waals surface area contributed by atoms with E-state index in [4.69, 9.17) is 4.74 Å². The Balaban J connectivity index is 2.48. The van der Waals surface area contributed by atoms with Gasteiger partial charge in [0.25, 0.3) is 0 Å². The average molecular weight is 233 g/mol. The number of rotatable bonds is 5. The summed E-state index contributed by atoms with van der Waals surface area (Å²) in [4.78, 5) is 0. The molecule has 0 saturated heterocycles. The largest absolute Gasteiger partial charge is 0.381 e. The number of methoxy groups -OCH3 is 1. The summed E-state index contributed by atoms with van der Waals surface area (Å²) in [5, 5.41) is 0. The maximum absolute atomic E-state index is 11.6. The summed E-state index contributed by atoms with van der Waals surface area (Å²) in [7, 11) is -1.70. The lowest BCUT2D eigenvalue weighted by atomic mass is 10.0. The van der Waals surface area contributed by atoms with Gasteiger partial charge in [-0.1, -0.05) is 12.2 Å². The highest BCUT2D eigenvalue weighted by Crippen LogP contribution is 2.11. The minimum Gasteiger partial charge on any atom is -0.381 e. The van der Waals surface area contributed by atoms with Crippen LogP contribution in [0.15, 0.2) is 12.2 Å². The Hall–Kier alpha value is -0.390. The van der Waals surface area contributed by atoms with Crippen molar-refractivity contribution in [2.75, 3.05) is 12.9 Å². The van der Waals surface area contributed by atoms with Gasteiger partial charge in [0, 0.05) is 13.2 Å². The molecule has 0 aromatic carbocycles. The normalized spacial score (nSPS) is 24.0. The van der Waals surface area contributed by atoms with Gasteiger partial charge in [0.2, 0.25) is 10.0 Å². The maximum Gasteiger partial charge on any atom is 0.214 e. The second-order valence-electron chi connectivity index (χ2n) is 3.91. The SMILES string of the molecule is CO[C@H](C)CS(=O)(=O)N[C@H]1C=CCCC1. The van der Waals surface area contributed by atoms with E-state index in [1.807, 2.05) is 12.2 Å². The Bertz CT molecular complexity index is 311. The quantitative estimate of drug-likeness (QED) is 0.722. The second-order valence-corrected chi connectivity index (χ2v) is 5.71. The van der Waals surface area contributed by atoms with Crippen molar-refractivity contribution in [3.8, 4) is 0 Å². The molecule has 5 heteroatoms. The fourth-order valence-corrected chi connectivity index (χ4v) is 3.07. The molecule has 0 radical (unpaired) electrons. The average Bonchev–Trinajstić information content (AvgIpc) is 2.17. The topological polar surface area (TPSA) is 55.4 Å². The molecule has 4 nitrogen and oxygen atoms in total. The Kier molecular flexibility index (Phi) is 4.76. The van der Waals surface area contributed by atoms with Gasteiger partial charge in [-0.2, -0.15) is 0 Å². The van der Waals surface area contributed by atoms with Gasteiger partial charge >= 0.3 is 0 Å². The van der Waals surface area contributed by atoms with Gasteiger partial charge in [-0.25, -0.2) is 13.1 Å². The van der Waals surface area contributed by atoms with Crippen molar-refractivity contribution in [1.82, 2.24) is 4.72 Å². The van der Waals surface area contributed by atoms with Crippen molar-refractivity contribution in [3.63, 3.8) is 0 Å². The van der Waals surface area contributed by atoms with Crippen LogP contribution in [0.2, 0.25) is 0 Å². The van der Waals surface area contributed by atoms with Gasteiger partial charge in [-0.3, -0.25) is 0 Å². The first-order valence-electron chi connectivity index (χ1n) is 5.23. The van der Waals surface area contributed by atoms with Crippen molar-refractivity contribution in [3.05, 3.63) is 12.2 Å². The number of nitrogens with one attached hydrogen (secondary N) is 1. The van der Waals surface area contributed by atoms with E-state index >= 15 is 0 Å². The highest BCUT2D eigenvalue weighted by Gasteiger charge is 2.19. The molecule has 0 saturated carbocycles. The zero-order valence-electron chi connectivity index (χ0n) is 9.27. The van der Waals surface area contributed by atoms with Crippen molar-refractivity contribution >= 4 is 10.0 Å². The second kappa shape index (κ2) is 5.63. The number of ether oxygens (including phenoxy) is 1. The third-order valence-electron chi connectivity index (χ3n) is 2.44. The van der Waals surface area contributed by atoms with Crippen LogP contribution in [0.4, 0.5) is 0 Å². The number of hydrogen-bond acceptors (Lipinski definition) is 3. The number of hydrogen-bond donors (Lipinski definition) is 1. The van der Waals surface area contributed by atoms with E-state index in [0.717, 1.165) is 19.3 Å². The van der Waals surface area contributed by atoms with Gasteiger partial charge in [0.1, 0.15) is 0 Å². The first kappa shape index (κ1) is 12.7. The first-order valence-corrected chi connectivity index (χ1v) is 6.88. The molecule has 0 aromatic rings. The molecule has 1 aliphatic carbocycles. The number of allylic oxidation sites excluding steroid dienone is 1. The monoisotopic (exact) mass is 233 g/mol. The molecule has 0 fully saturated rings. The molecule has 1 rings (SSSR count). The lowest BCUT2D eigenvalue weighted by Gasteiger charge is -2.19. The van der Waals surface area contributed by atoms with E-state index in [-0.39, 0.29) is 17.9 Å². The molecule has 0 aromatic heterocycles. The van der Waals surface area contributed by atoms with Gasteiger partial charge in [-0.05, 0) is 26.2 Å². The van der Waals surface area contributed by atoms with Crippen LogP contribution in [0, 0.1) is 0 Å². The van der Waals surface area contributed by atoms with Crippen LogP contribution in [-0.2, 0) is 14.8 Å². The van der Waals surface area contributed by atoms with E-state index in [9.17, 15) is 8.42 Å². The molecule has 2 atom stereocenters. The summed E-state index contributed by atoms with van der Waals surface area (Å²) in [6, 6.07) is -0.0344. The zero-order valence-corrected chi connectivity index (χ0v) is 10.1. The number of sulfonamides is 1. The smallest absolute Gasteiger partial charge is 0.214 e. The van der Waals surface area contributed by atoms with E-state index in [0.29, 0.717) is 0 Å². The van der Waals surface area contributed by atoms with Crippen LogP contribution < -0.4 is 4.72 Å². The van der Waals surface area contributed by atoms with Crippen LogP contribution in [0.25, 0.3) is 0 Å². The van der Waals surface area contributed by atoms with Crippen molar-refractivity contribution in [1.29, 1.82) is 0 Å². The molecule has 0 spiro atoms. The van der Waals surface area contributed by atoms with Crippen LogP contribution in [0.1, 0.15) is 26.2 Å². The van der Waals surface area contributed by atoms with Crippen molar-refractivity contribution in [2.45, 2.75) is 38.3 Å². The molecule has 0 heterocycles. The Morgan fingerprint density at radius 1 is 1.60 bits per heavy atom. The molecule has 1 aliphatic rings. The molecule has 0 bridgehead atoms. The predicted molar refractivity (Wildman–Crippen MR) is 60.2 cm³/mol. The molecular weight excluding hydrogens is 214 g/mol. The molecule has 88 valence electrons. The van der Waals surface area contributed by atoms with Crippen molar-refractivity contribution < 1.29 is 13.2 Å². The summed E-state index contributed by atoms with van der Waals surface area (Å²) in [6.07, 6.45) is 6.66. The van der Waals surface area contributed by atoms with Crippen molar-refractivity contribution in [2.24, 2.45) is 0 Å². The van der Waals surface area contributed by atoms with Gasteiger partial charge in [0.05, 0.1) is 11.9 Å². The first-order chi connectivity index (χ1) is 7.03. The van der Waals surface area contributed by atoms with Crippen LogP contribution >= 0.6 is 0 Å². The lowest BCUT2D eigenvalue weighted by Crippen LogP contribution is -2.38. The summed E-state index contributed by atoms with van der Waals surface area (Å²) < 4.78 is 30.9. The van der Waals surface area contributed by atoms with Crippen LogP contribution in [0.5, 0.6) is 0 Å². The highest BCUT2D eigenvalue weighted by molar-refractivity contribution is 7.89. The third kappa shape index (κ3) is 4.77. The summed E-state index contributed by atoms with van der Waals surface area (Å²) >= 11 is 0. The van der Waals surface area contributed by atoms with Gasteiger partial charge in [-0.15, -0.1) is 0 Å². The van der Waals surface area contributed by atoms with E-state index in [1.54, 1.807) is 6.92 Å². The summed E-state index contributed by atoms with van der Waals surface area (Å²) in [6.45, 7) is 1.75. The van der Waals surface area contributed by atoms with Crippen LogP contribution in [0.3, 0.4) is 0 Å². The third-order valence-corrected chi connectivity index (χ3v) is 4.01. The standard InChI is InChI=1S/C10H19NO3S/c1-9(14-2)8-15(12,13)11-10-6-4-3-5-7-10/h4,6,9-11H,3,5,7-8H2,1-2H3/t9-,10+/m1/s1. The zero-order chi connectivity index (χ0) is 11.3. The summed E-state index contributed by atoms with van der Waals surface area (Å²) in [5.41, 5.74) is 0. The van der Waals surface area contributed by atoms with E-state index in [1.165, 1.54) is 7.11 Å².